The molecule has 2 heterocycles. The summed E-state index contributed by atoms with van der Waals surface area (Å²) in [4.78, 5) is 24.2. The predicted molar refractivity (Wildman–Crippen MR) is 80.2 cm³/mol. The molecule has 0 aliphatic carbocycles. The van der Waals surface area contributed by atoms with Gasteiger partial charge in [0.15, 0.2) is 0 Å². The fraction of sp³-hybridized carbons (Fsp3) is 0.231. The fourth-order valence-corrected chi connectivity index (χ4v) is 3.24. The van der Waals surface area contributed by atoms with Crippen LogP contribution in [-0.4, -0.2) is 17.1 Å². The largest absolute Gasteiger partial charge is 0.468 e. The number of nitrogens with two attached hydrogens (primary N) is 1. The molecule has 20 heavy (non-hydrogen) atoms. The third-order valence-corrected chi connectivity index (χ3v) is 4.73. The lowest BCUT2D eigenvalue weighted by Crippen LogP contribution is -2.23. The van der Waals surface area contributed by atoms with Crippen LogP contribution in [0.2, 0.25) is 0 Å². The van der Waals surface area contributed by atoms with Crippen LogP contribution in [0.3, 0.4) is 0 Å². The highest BCUT2D eigenvalue weighted by atomic mass is 32.2. The highest BCUT2D eigenvalue weighted by Crippen LogP contribution is 2.29. The summed E-state index contributed by atoms with van der Waals surface area (Å²) in [6.07, 6.45) is 1.59. The molecule has 0 aromatic carbocycles. The van der Waals surface area contributed by atoms with E-state index >= 15 is 0 Å². The Bertz CT molecular complexity index is 633. The van der Waals surface area contributed by atoms with Gasteiger partial charge in [-0.3, -0.25) is 9.59 Å². The third-order valence-electron chi connectivity index (χ3n) is 2.65. The molecule has 2 aromatic heterocycles. The summed E-state index contributed by atoms with van der Waals surface area (Å²) < 4.78 is 5.19. The molecule has 0 bridgehead atoms. The second-order valence-corrected chi connectivity index (χ2v) is 6.42. The van der Waals surface area contributed by atoms with Crippen LogP contribution in [0, 0.1) is 6.92 Å². The van der Waals surface area contributed by atoms with Crippen LogP contribution in [-0.2, 0) is 4.79 Å². The van der Waals surface area contributed by atoms with E-state index in [1.165, 1.54) is 23.1 Å². The van der Waals surface area contributed by atoms with Crippen LogP contribution in [0.4, 0.5) is 5.00 Å². The van der Waals surface area contributed by atoms with E-state index in [2.05, 4.69) is 5.32 Å². The molecule has 2 rings (SSSR count). The van der Waals surface area contributed by atoms with Crippen molar-refractivity contribution in [1.29, 1.82) is 0 Å². The summed E-state index contributed by atoms with van der Waals surface area (Å²) >= 11 is 2.68. The van der Waals surface area contributed by atoms with Crippen LogP contribution >= 0.6 is 23.1 Å². The van der Waals surface area contributed by atoms with E-state index in [1.807, 2.05) is 13.0 Å². The maximum absolute atomic E-state index is 12.1. The number of hydrogen-bond donors (Lipinski definition) is 2. The average Bonchev–Trinajstić information content (AvgIpc) is 2.99. The van der Waals surface area contributed by atoms with E-state index in [1.54, 1.807) is 24.6 Å². The lowest BCUT2D eigenvalue weighted by atomic mass is 10.3. The quantitative estimate of drug-likeness (QED) is 0.832. The van der Waals surface area contributed by atoms with Gasteiger partial charge in [-0.25, -0.2) is 0 Å². The molecule has 2 aromatic rings. The van der Waals surface area contributed by atoms with E-state index < -0.39 is 5.91 Å². The summed E-state index contributed by atoms with van der Waals surface area (Å²) in [5.41, 5.74) is 5.57. The molecule has 5 nitrogen and oxygen atoms in total. The van der Waals surface area contributed by atoms with Crippen molar-refractivity contribution in [3.63, 3.8) is 0 Å². The van der Waals surface area contributed by atoms with Crippen molar-refractivity contribution in [3.05, 3.63) is 35.1 Å². The molecule has 0 saturated heterocycles. The lowest BCUT2D eigenvalue weighted by molar-refractivity contribution is -0.115. The van der Waals surface area contributed by atoms with Gasteiger partial charge >= 0.3 is 0 Å². The van der Waals surface area contributed by atoms with Crippen molar-refractivity contribution in [2.24, 2.45) is 5.73 Å². The van der Waals surface area contributed by atoms with Crippen molar-refractivity contribution in [2.75, 3.05) is 5.32 Å². The molecule has 0 aliphatic heterocycles. The third kappa shape index (κ3) is 3.23. The van der Waals surface area contributed by atoms with Gasteiger partial charge in [-0.2, -0.15) is 0 Å². The molecule has 106 valence electrons. The van der Waals surface area contributed by atoms with E-state index in [-0.39, 0.29) is 11.2 Å². The summed E-state index contributed by atoms with van der Waals surface area (Å²) in [6.45, 7) is 3.64. The number of carbonyl (C=O) groups excluding carboxylic acids is 2. The summed E-state index contributed by atoms with van der Waals surface area (Å²) in [5, 5.41) is 4.62. The first-order valence-corrected chi connectivity index (χ1v) is 7.64. The Morgan fingerprint density at radius 2 is 2.20 bits per heavy atom. The van der Waals surface area contributed by atoms with Crippen LogP contribution in [0.1, 0.15) is 23.0 Å². The molecule has 1 atom stereocenters. The maximum Gasteiger partial charge on any atom is 0.251 e. The number of primary amides is 1. The highest BCUT2D eigenvalue weighted by molar-refractivity contribution is 8.00. The number of hydrogen-bond acceptors (Lipinski definition) is 5. The Kier molecular flexibility index (Phi) is 4.51. The molecule has 0 aliphatic rings. The van der Waals surface area contributed by atoms with Gasteiger partial charge in [0.25, 0.3) is 5.91 Å². The number of amides is 2. The minimum atomic E-state index is -0.549. The standard InChI is InChI=1S/C13H14N2O3S2/c1-7-10(3-5-18-7)20-8(2)12(17)15-13-9(11(14)16)4-6-19-13/h3-6,8H,1-2H3,(H2,14,16)(H,15,17)/t8-/m1/s1. The minimum absolute atomic E-state index is 0.180. The average molecular weight is 310 g/mol. The summed E-state index contributed by atoms with van der Waals surface area (Å²) in [5.74, 6) is 0.0525. The smallest absolute Gasteiger partial charge is 0.251 e. The van der Waals surface area contributed by atoms with E-state index in [0.717, 1.165) is 10.7 Å². The van der Waals surface area contributed by atoms with Crippen molar-refractivity contribution >= 4 is 39.9 Å². The van der Waals surface area contributed by atoms with E-state index in [4.69, 9.17) is 10.2 Å². The second kappa shape index (κ2) is 6.15. The highest BCUT2D eigenvalue weighted by Gasteiger charge is 2.19. The Morgan fingerprint density at radius 3 is 2.80 bits per heavy atom. The lowest BCUT2D eigenvalue weighted by Gasteiger charge is -2.11. The Labute approximate surface area is 124 Å². The van der Waals surface area contributed by atoms with Gasteiger partial charge in [0, 0.05) is 4.90 Å². The number of aryl methyl sites for hydroxylation is 1. The number of nitrogens with one attached hydrogen (secondary N) is 1. The van der Waals surface area contributed by atoms with Gasteiger partial charge in [0.2, 0.25) is 5.91 Å². The van der Waals surface area contributed by atoms with Crippen LogP contribution < -0.4 is 11.1 Å². The number of furan rings is 1. The molecular formula is C13H14N2O3S2. The minimum Gasteiger partial charge on any atom is -0.468 e. The topological polar surface area (TPSA) is 85.3 Å². The fourth-order valence-electron chi connectivity index (χ4n) is 1.55. The molecule has 0 saturated carbocycles. The number of thiophene rings is 1. The van der Waals surface area contributed by atoms with Crippen LogP contribution in [0.5, 0.6) is 0 Å². The Balaban J connectivity index is 2.03. The molecular weight excluding hydrogens is 296 g/mol. The summed E-state index contributed by atoms with van der Waals surface area (Å²) in [7, 11) is 0. The number of rotatable bonds is 5. The van der Waals surface area contributed by atoms with Gasteiger partial charge in [-0.1, -0.05) is 0 Å². The van der Waals surface area contributed by atoms with Crippen LogP contribution in [0.25, 0.3) is 0 Å². The Hall–Kier alpha value is -1.73. The second-order valence-electron chi connectivity index (χ2n) is 4.12. The zero-order valence-electron chi connectivity index (χ0n) is 11.0. The van der Waals surface area contributed by atoms with Gasteiger partial charge < -0.3 is 15.5 Å². The van der Waals surface area contributed by atoms with Gasteiger partial charge in [0.05, 0.1) is 17.1 Å². The molecule has 2 amide bonds. The van der Waals surface area contributed by atoms with Crippen molar-refractivity contribution in [3.8, 4) is 0 Å². The maximum atomic E-state index is 12.1. The first-order chi connectivity index (χ1) is 9.49. The molecule has 7 heteroatoms. The first kappa shape index (κ1) is 14.7. The van der Waals surface area contributed by atoms with Crippen molar-refractivity contribution in [1.82, 2.24) is 0 Å². The molecule has 0 fully saturated rings. The van der Waals surface area contributed by atoms with E-state index in [0.29, 0.717) is 10.6 Å². The van der Waals surface area contributed by atoms with Crippen molar-refractivity contribution in [2.45, 2.75) is 24.0 Å². The molecule has 0 unspecified atom stereocenters. The number of carbonyl (C=O) groups is 2. The zero-order valence-corrected chi connectivity index (χ0v) is 12.6. The van der Waals surface area contributed by atoms with Crippen molar-refractivity contribution < 1.29 is 14.0 Å². The Morgan fingerprint density at radius 1 is 1.45 bits per heavy atom. The molecule has 0 radical (unpaired) electrons. The zero-order chi connectivity index (χ0) is 14.7. The number of anilines is 1. The van der Waals surface area contributed by atoms with E-state index in [9.17, 15) is 9.59 Å². The van der Waals surface area contributed by atoms with Gasteiger partial charge in [-0.05, 0) is 31.4 Å². The SMILES string of the molecule is Cc1occc1S[C@H](C)C(=O)Nc1sccc1C(N)=O. The monoisotopic (exact) mass is 310 g/mol. The van der Waals surface area contributed by atoms with Gasteiger partial charge in [-0.15, -0.1) is 23.1 Å². The first-order valence-electron chi connectivity index (χ1n) is 5.88. The normalized spacial score (nSPS) is 12.1. The number of thioether (sulfide) groups is 1. The predicted octanol–water partition coefficient (Wildman–Crippen LogP) is 2.87. The van der Waals surface area contributed by atoms with Crippen LogP contribution in [0.15, 0.2) is 33.1 Å². The van der Waals surface area contributed by atoms with Gasteiger partial charge in [0.1, 0.15) is 10.8 Å². The summed E-state index contributed by atoms with van der Waals surface area (Å²) in [6, 6.07) is 3.42. The molecule has 3 N–H and O–H groups in total. The molecule has 0 spiro atoms.